The molecular weight excluding hydrogens is 288 g/mol. The zero-order valence-corrected chi connectivity index (χ0v) is 10.5. The van der Waals surface area contributed by atoms with Crippen molar-refractivity contribution in [2.75, 3.05) is 19.6 Å². The molecule has 0 unspecified atom stereocenters. The van der Waals surface area contributed by atoms with E-state index in [1.165, 1.54) is 0 Å². The largest absolute Gasteiger partial charge is 0.329 e. The number of alkyl halides is 2. The Balaban J connectivity index is 3.18. The average Bonchev–Trinajstić information content (AvgIpc) is 2.27. The van der Waals surface area contributed by atoms with Crippen molar-refractivity contribution >= 4 is 10.0 Å². The van der Waals surface area contributed by atoms with Gasteiger partial charge in [0.2, 0.25) is 10.0 Å². The molecular formula is C10H12F4N2O2S. The maximum absolute atomic E-state index is 13.4. The normalized spacial score (nSPS) is 12.4. The van der Waals surface area contributed by atoms with Crippen LogP contribution in [-0.2, 0) is 10.0 Å². The second-order valence-electron chi connectivity index (χ2n) is 3.62. The number of halogens is 4. The average molecular weight is 300 g/mol. The number of hydrogen-bond donors (Lipinski definition) is 1. The van der Waals surface area contributed by atoms with Gasteiger partial charge in [-0.3, -0.25) is 0 Å². The highest BCUT2D eigenvalue weighted by Crippen LogP contribution is 2.20. The van der Waals surface area contributed by atoms with E-state index in [1.807, 2.05) is 0 Å². The van der Waals surface area contributed by atoms with Gasteiger partial charge in [0.15, 0.2) is 0 Å². The molecule has 108 valence electrons. The van der Waals surface area contributed by atoms with E-state index in [-0.39, 0.29) is 13.1 Å². The van der Waals surface area contributed by atoms with Gasteiger partial charge in [-0.25, -0.2) is 26.0 Å². The van der Waals surface area contributed by atoms with E-state index in [1.54, 1.807) is 0 Å². The molecule has 0 aliphatic carbocycles. The van der Waals surface area contributed by atoms with Crippen molar-refractivity contribution in [3.63, 3.8) is 0 Å². The summed E-state index contributed by atoms with van der Waals surface area (Å²) in [6.07, 6.45) is -2.93. The van der Waals surface area contributed by atoms with Crippen LogP contribution in [0.1, 0.15) is 0 Å². The molecule has 0 saturated heterocycles. The Morgan fingerprint density at radius 2 is 1.89 bits per heavy atom. The summed E-state index contributed by atoms with van der Waals surface area (Å²) in [5.41, 5.74) is 5.14. The van der Waals surface area contributed by atoms with E-state index < -0.39 is 39.5 Å². The highest BCUT2D eigenvalue weighted by Gasteiger charge is 2.29. The lowest BCUT2D eigenvalue weighted by Gasteiger charge is -2.21. The quantitative estimate of drug-likeness (QED) is 0.802. The van der Waals surface area contributed by atoms with Gasteiger partial charge in [-0.1, -0.05) is 0 Å². The van der Waals surface area contributed by atoms with Crippen LogP contribution in [0.3, 0.4) is 0 Å². The molecule has 2 N–H and O–H groups in total. The molecule has 0 bridgehead atoms. The summed E-state index contributed by atoms with van der Waals surface area (Å²) >= 11 is 0. The highest BCUT2D eigenvalue weighted by atomic mass is 32.2. The summed E-state index contributed by atoms with van der Waals surface area (Å²) in [6.45, 7) is -1.69. The fraction of sp³-hybridized carbons (Fsp3) is 0.400. The van der Waals surface area contributed by atoms with Crippen molar-refractivity contribution in [3.8, 4) is 0 Å². The number of rotatable bonds is 6. The second kappa shape index (κ2) is 6.31. The lowest BCUT2D eigenvalue weighted by atomic mass is 10.3. The predicted molar refractivity (Wildman–Crippen MR) is 60.2 cm³/mol. The summed E-state index contributed by atoms with van der Waals surface area (Å²) in [5, 5.41) is 0. The van der Waals surface area contributed by atoms with E-state index in [2.05, 4.69) is 0 Å². The molecule has 0 aromatic heterocycles. The first kappa shape index (κ1) is 15.9. The van der Waals surface area contributed by atoms with Crippen molar-refractivity contribution in [2.45, 2.75) is 11.3 Å². The van der Waals surface area contributed by atoms with Crippen LogP contribution in [0.25, 0.3) is 0 Å². The Hall–Kier alpha value is -1.19. The monoisotopic (exact) mass is 300 g/mol. The summed E-state index contributed by atoms with van der Waals surface area (Å²) in [5.74, 6) is -2.30. The van der Waals surface area contributed by atoms with Gasteiger partial charge in [-0.05, 0) is 12.1 Å². The molecule has 9 heteroatoms. The zero-order valence-electron chi connectivity index (χ0n) is 9.69. The molecule has 1 aromatic carbocycles. The van der Waals surface area contributed by atoms with Crippen LogP contribution >= 0.6 is 0 Å². The van der Waals surface area contributed by atoms with E-state index in [0.29, 0.717) is 16.4 Å². The fourth-order valence-corrected chi connectivity index (χ4v) is 2.91. The molecule has 0 radical (unpaired) electrons. The minimum atomic E-state index is -4.47. The fourth-order valence-electron chi connectivity index (χ4n) is 1.43. The SMILES string of the molecule is NCCN(CC(F)F)S(=O)(=O)c1ccc(F)cc1F. The highest BCUT2D eigenvalue weighted by molar-refractivity contribution is 7.89. The molecule has 19 heavy (non-hydrogen) atoms. The molecule has 0 fully saturated rings. The molecule has 0 aliphatic heterocycles. The van der Waals surface area contributed by atoms with Crippen molar-refractivity contribution < 1.29 is 26.0 Å². The van der Waals surface area contributed by atoms with Gasteiger partial charge in [-0.2, -0.15) is 4.31 Å². The summed E-state index contributed by atoms with van der Waals surface area (Å²) in [4.78, 5) is -0.858. The van der Waals surface area contributed by atoms with Gasteiger partial charge >= 0.3 is 0 Å². The molecule has 0 atom stereocenters. The first-order valence-electron chi connectivity index (χ1n) is 5.22. The molecule has 0 saturated carbocycles. The predicted octanol–water partition coefficient (Wildman–Crippen LogP) is 1.18. The van der Waals surface area contributed by atoms with Gasteiger partial charge in [0.25, 0.3) is 6.43 Å². The van der Waals surface area contributed by atoms with Crippen LogP contribution in [0.15, 0.2) is 23.1 Å². The Morgan fingerprint density at radius 1 is 1.26 bits per heavy atom. The van der Waals surface area contributed by atoms with E-state index in [0.717, 1.165) is 6.07 Å². The first-order valence-corrected chi connectivity index (χ1v) is 6.66. The standard InChI is InChI=1S/C10H12F4N2O2S/c11-7-1-2-9(8(12)5-7)19(17,18)16(4-3-15)6-10(13)14/h1-2,5,10H,3-4,6,15H2. The molecule has 0 aliphatic rings. The van der Waals surface area contributed by atoms with Crippen molar-refractivity contribution in [2.24, 2.45) is 5.73 Å². The number of nitrogens with two attached hydrogens (primary N) is 1. The maximum atomic E-state index is 13.4. The lowest BCUT2D eigenvalue weighted by molar-refractivity contribution is 0.120. The Bertz CT molecular complexity index is 536. The Morgan fingerprint density at radius 3 is 2.37 bits per heavy atom. The summed E-state index contributed by atoms with van der Waals surface area (Å²) in [6, 6.07) is 1.80. The minimum Gasteiger partial charge on any atom is -0.329 e. The summed E-state index contributed by atoms with van der Waals surface area (Å²) in [7, 11) is -4.47. The minimum absolute atomic E-state index is 0.200. The van der Waals surface area contributed by atoms with Gasteiger partial charge in [0, 0.05) is 19.2 Å². The van der Waals surface area contributed by atoms with Gasteiger partial charge in [0.05, 0.1) is 6.54 Å². The Kier molecular flexibility index (Phi) is 5.27. The molecule has 0 spiro atoms. The summed E-state index contributed by atoms with van der Waals surface area (Å²) < 4.78 is 75.1. The van der Waals surface area contributed by atoms with Crippen LogP contribution in [0, 0.1) is 11.6 Å². The van der Waals surface area contributed by atoms with E-state index >= 15 is 0 Å². The number of hydrogen-bond acceptors (Lipinski definition) is 3. The molecule has 4 nitrogen and oxygen atoms in total. The van der Waals surface area contributed by atoms with Gasteiger partial charge < -0.3 is 5.73 Å². The second-order valence-corrected chi connectivity index (χ2v) is 5.52. The van der Waals surface area contributed by atoms with Gasteiger partial charge in [0.1, 0.15) is 16.5 Å². The van der Waals surface area contributed by atoms with Crippen LogP contribution in [0.2, 0.25) is 0 Å². The third-order valence-corrected chi connectivity index (χ3v) is 4.13. The third kappa shape index (κ3) is 3.88. The van der Waals surface area contributed by atoms with E-state index in [9.17, 15) is 26.0 Å². The van der Waals surface area contributed by atoms with E-state index in [4.69, 9.17) is 5.73 Å². The van der Waals surface area contributed by atoms with Crippen LogP contribution in [-0.4, -0.2) is 38.8 Å². The topological polar surface area (TPSA) is 63.4 Å². The lowest BCUT2D eigenvalue weighted by Crippen LogP contribution is -2.39. The van der Waals surface area contributed by atoms with Crippen molar-refractivity contribution in [3.05, 3.63) is 29.8 Å². The number of benzene rings is 1. The molecule has 0 amide bonds. The maximum Gasteiger partial charge on any atom is 0.252 e. The van der Waals surface area contributed by atoms with Crippen LogP contribution in [0.5, 0.6) is 0 Å². The smallest absolute Gasteiger partial charge is 0.252 e. The molecule has 1 rings (SSSR count). The van der Waals surface area contributed by atoms with Crippen LogP contribution in [0.4, 0.5) is 17.6 Å². The number of sulfonamides is 1. The molecule has 1 aromatic rings. The zero-order chi connectivity index (χ0) is 14.6. The van der Waals surface area contributed by atoms with Crippen molar-refractivity contribution in [1.29, 1.82) is 0 Å². The van der Waals surface area contributed by atoms with Gasteiger partial charge in [-0.15, -0.1) is 0 Å². The number of nitrogens with zero attached hydrogens (tertiary/aromatic N) is 1. The van der Waals surface area contributed by atoms with Crippen molar-refractivity contribution in [1.82, 2.24) is 4.31 Å². The third-order valence-electron chi connectivity index (χ3n) is 2.23. The van der Waals surface area contributed by atoms with Crippen LogP contribution < -0.4 is 5.73 Å². The molecule has 0 heterocycles. The Labute approximate surface area is 107 Å². The first-order chi connectivity index (χ1) is 8.78.